The van der Waals surface area contributed by atoms with Crippen LogP contribution in [-0.2, 0) is 0 Å². The number of fused-ring (bicyclic) bond motifs is 8. The van der Waals surface area contributed by atoms with Crippen molar-refractivity contribution in [1.29, 1.82) is 0 Å². The predicted molar refractivity (Wildman–Crippen MR) is 390 cm³/mol. The Balaban J connectivity index is 1.13. The van der Waals surface area contributed by atoms with Gasteiger partial charge in [-0.3, -0.25) is 0 Å². The lowest BCUT2D eigenvalue weighted by Gasteiger charge is -2.24. The van der Waals surface area contributed by atoms with Gasteiger partial charge in [0, 0.05) is 102 Å². The van der Waals surface area contributed by atoms with Crippen LogP contribution in [0.5, 0.6) is 0 Å². The summed E-state index contributed by atoms with van der Waals surface area (Å²) in [5.74, 6) is 32.1. The first-order valence-corrected chi connectivity index (χ1v) is 35.0. The second kappa shape index (κ2) is 22.4. The van der Waals surface area contributed by atoms with Gasteiger partial charge < -0.3 is 0 Å². The molecule has 0 unspecified atom stereocenters. The van der Waals surface area contributed by atoms with Crippen molar-refractivity contribution >= 4 is 194 Å². The Kier molecular flexibility index (Phi) is 13.5. The van der Waals surface area contributed by atoms with E-state index >= 15 is 0 Å². The molecule has 0 bridgehead atoms. The van der Waals surface area contributed by atoms with Gasteiger partial charge >= 0.3 is 0 Å². The van der Waals surface area contributed by atoms with E-state index in [1.54, 1.807) is 90.7 Å². The molecule has 8 heterocycles. The molecular formula is C80H40S8. The average Bonchev–Trinajstić information content (AvgIpc) is 1.62. The lowest BCUT2D eigenvalue weighted by atomic mass is 9.79. The van der Waals surface area contributed by atoms with E-state index in [1.165, 1.54) is 59.1 Å². The number of allylic oxidation sites excluding steroid dienone is 8. The summed E-state index contributed by atoms with van der Waals surface area (Å²) in [5, 5.41) is 9.28. The lowest BCUT2D eigenvalue weighted by molar-refractivity contribution is 1.58. The Morgan fingerprint density at radius 1 is 0.170 bits per heavy atom. The van der Waals surface area contributed by atoms with E-state index in [2.05, 4.69) is 290 Å². The number of thiophene rings is 8. The highest BCUT2D eigenvalue weighted by molar-refractivity contribution is 7.23. The molecule has 88 heavy (non-hydrogen) atoms. The summed E-state index contributed by atoms with van der Waals surface area (Å²) in [6.07, 6.45) is 0. The summed E-state index contributed by atoms with van der Waals surface area (Å²) in [7, 11) is 0. The number of benzene rings is 8. The van der Waals surface area contributed by atoms with Crippen LogP contribution in [0.1, 0.15) is 39.0 Å². The first-order chi connectivity index (χ1) is 43.5. The van der Waals surface area contributed by atoms with Crippen molar-refractivity contribution < 1.29 is 0 Å². The Morgan fingerprint density at radius 3 is 0.523 bits per heavy atom. The van der Waals surface area contributed by atoms with Crippen LogP contribution in [0.25, 0.3) is 103 Å². The first kappa shape index (κ1) is 52.9. The van der Waals surface area contributed by atoms with Gasteiger partial charge in [-0.1, -0.05) is 193 Å². The van der Waals surface area contributed by atoms with Crippen molar-refractivity contribution in [3.05, 3.63) is 304 Å². The molecule has 8 aromatic carbocycles. The van der Waals surface area contributed by atoms with Gasteiger partial charge in [-0.05, 0) is 140 Å². The fraction of sp³-hybridized carbons (Fsp3) is 0. The molecule has 0 saturated heterocycles. The summed E-state index contributed by atoms with van der Waals surface area (Å²) in [6.45, 7) is 0. The number of hydrogen-bond acceptors (Lipinski definition) is 8. The SMILES string of the molecule is C(#Cc1cc2ccccc2s1)C1=C(c2cc3ccccc3s2)/C(C#Cc2cc3ccccc3s2)=C(c2cc3ccccc3s2)\C(C#Cc2cc3ccccc3s2)=C(c2cc3ccccc3s2)/C(C#Cc2cc3ccccc3s2)=C\1c1cc2ccccc2s1. The van der Waals surface area contributed by atoms with E-state index in [-0.39, 0.29) is 0 Å². The molecule has 8 heteroatoms. The summed E-state index contributed by atoms with van der Waals surface area (Å²) in [5.41, 5.74) is 7.19. The minimum absolute atomic E-state index is 0.852. The standard InChI is InChI=1S/C80H40S8/c1-9-25-65-49(17-1)41-57(81-65)33-37-61-77(73-45-53-21-5-13-29-69(53)85-73)62(38-34-58-42-50-18-2-10-26-66(50)82-58)79(75-47-55-23-7-15-31-71(55)87-75)64(40-36-60-44-52-20-4-12-28-68(52)84-60)80(76-48-56-24-8-16-32-72(56)88-76)63(39-35-59-43-51-19-3-11-27-67(51)83-59)78(61)74-46-54-22-6-14-30-70(54)86-74/h1-32,41-48H/b77-61+,77-62?,78-61?,78-63+,79-62+,79-64?,80-63?,80-64+. The maximum absolute atomic E-state index is 4.12. The first-order valence-electron chi connectivity index (χ1n) is 28.5. The monoisotopic (exact) mass is 1260 g/mol. The maximum Gasteiger partial charge on any atom is 0.0784 e. The third-order valence-corrected chi connectivity index (χ3v) is 24.3. The Hall–Kier alpha value is -9.36. The van der Waals surface area contributed by atoms with Crippen LogP contribution in [0.2, 0.25) is 0 Å². The van der Waals surface area contributed by atoms with Gasteiger partial charge in [0.15, 0.2) is 0 Å². The zero-order valence-electron chi connectivity index (χ0n) is 46.4. The van der Waals surface area contributed by atoms with Gasteiger partial charge in [0.1, 0.15) is 0 Å². The highest BCUT2D eigenvalue weighted by Gasteiger charge is 2.34. The highest BCUT2D eigenvalue weighted by Crippen LogP contribution is 2.53. The van der Waals surface area contributed by atoms with Crippen molar-refractivity contribution in [3.63, 3.8) is 0 Å². The largest absolute Gasteiger partial charge is 0.135 e. The van der Waals surface area contributed by atoms with E-state index < -0.39 is 0 Å². The third kappa shape index (κ3) is 9.88. The summed E-state index contributed by atoms with van der Waals surface area (Å²) in [6, 6.07) is 87.8. The fourth-order valence-corrected chi connectivity index (χ4v) is 19.7. The molecular weight excluding hydrogens is 1220 g/mol. The van der Waals surface area contributed by atoms with Crippen LogP contribution in [0.15, 0.2) is 265 Å². The van der Waals surface area contributed by atoms with Crippen molar-refractivity contribution in [3.8, 4) is 47.4 Å². The molecule has 0 radical (unpaired) electrons. The van der Waals surface area contributed by atoms with Crippen molar-refractivity contribution in [2.45, 2.75) is 0 Å². The van der Waals surface area contributed by atoms with Crippen LogP contribution >= 0.6 is 90.7 Å². The van der Waals surface area contributed by atoms with Crippen LogP contribution in [0.4, 0.5) is 0 Å². The van der Waals surface area contributed by atoms with E-state index in [1.807, 2.05) is 0 Å². The molecule has 0 amide bonds. The molecule has 0 aliphatic heterocycles. The molecule has 0 N–H and O–H groups in total. The molecule has 408 valence electrons. The molecule has 0 spiro atoms. The zero-order valence-corrected chi connectivity index (χ0v) is 52.9. The topological polar surface area (TPSA) is 0 Å². The van der Waals surface area contributed by atoms with E-state index in [4.69, 9.17) is 0 Å². The third-order valence-electron chi connectivity index (χ3n) is 15.6. The number of rotatable bonds is 4. The zero-order chi connectivity index (χ0) is 58.1. The van der Waals surface area contributed by atoms with Crippen molar-refractivity contribution in [2.24, 2.45) is 0 Å². The van der Waals surface area contributed by atoms with E-state index in [9.17, 15) is 0 Å². The fourth-order valence-electron chi connectivity index (χ4n) is 11.6. The normalized spacial score (nSPS) is 16.2. The smallest absolute Gasteiger partial charge is 0.0784 e. The van der Waals surface area contributed by atoms with Gasteiger partial charge in [0.05, 0.1) is 19.5 Å². The molecule has 1 aliphatic rings. The van der Waals surface area contributed by atoms with Gasteiger partial charge in [-0.25, -0.2) is 0 Å². The van der Waals surface area contributed by atoms with Crippen LogP contribution in [-0.4, -0.2) is 0 Å². The lowest BCUT2D eigenvalue weighted by Crippen LogP contribution is -2.08. The second-order valence-corrected chi connectivity index (χ2v) is 29.9. The highest BCUT2D eigenvalue weighted by atomic mass is 32.1. The van der Waals surface area contributed by atoms with E-state index in [0.29, 0.717) is 0 Å². The molecule has 1 aliphatic carbocycles. The minimum atomic E-state index is 0.852. The Labute approximate surface area is 539 Å². The van der Waals surface area contributed by atoms with Crippen LogP contribution in [0.3, 0.4) is 0 Å². The molecule has 17 rings (SSSR count). The van der Waals surface area contributed by atoms with Gasteiger partial charge in [0.25, 0.3) is 0 Å². The average molecular weight is 1260 g/mol. The van der Waals surface area contributed by atoms with Gasteiger partial charge in [-0.15, -0.1) is 90.7 Å². The Bertz CT molecular complexity index is 4960. The molecule has 0 atom stereocenters. The molecule has 0 fully saturated rings. The van der Waals surface area contributed by atoms with Gasteiger partial charge in [-0.2, -0.15) is 0 Å². The van der Waals surface area contributed by atoms with E-state index in [0.717, 1.165) is 105 Å². The molecule has 0 saturated carbocycles. The summed E-state index contributed by atoms with van der Waals surface area (Å²) in [4.78, 5) is 8.11. The van der Waals surface area contributed by atoms with Gasteiger partial charge in [0.2, 0.25) is 0 Å². The maximum atomic E-state index is 4.12. The quantitative estimate of drug-likeness (QED) is 0.154. The van der Waals surface area contributed by atoms with Crippen LogP contribution < -0.4 is 0 Å². The van der Waals surface area contributed by atoms with Crippen molar-refractivity contribution in [1.82, 2.24) is 0 Å². The predicted octanol–water partition coefficient (Wildman–Crippen LogP) is 23.7. The van der Waals surface area contributed by atoms with Crippen LogP contribution in [0, 0.1) is 47.4 Å². The second-order valence-electron chi connectivity index (χ2n) is 21.2. The summed E-state index contributed by atoms with van der Waals surface area (Å²) < 4.78 is 9.46. The molecule has 16 aromatic rings. The Morgan fingerprint density at radius 2 is 0.341 bits per heavy atom. The van der Waals surface area contributed by atoms with Crippen molar-refractivity contribution in [2.75, 3.05) is 0 Å². The number of hydrogen-bond donors (Lipinski definition) is 0. The molecule has 0 nitrogen and oxygen atoms in total. The summed E-state index contributed by atoms with van der Waals surface area (Å²) >= 11 is 14.1. The molecule has 8 aromatic heterocycles. The minimum Gasteiger partial charge on any atom is -0.135 e.